The van der Waals surface area contributed by atoms with Gasteiger partial charge in [-0.25, -0.2) is 18.0 Å². The SMILES string of the molecule is CC(C)(C)OC(=O)NC(CCOS(C)(=O)=O)C(F)(F)F.CC(C)(C)OC(=O)NC(CCS(C)(=O)=O)C(F)(F)F. The zero-order chi connectivity index (χ0) is 31.7. The van der Waals surface area contributed by atoms with E-state index in [4.69, 9.17) is 9.47 Å². The van der Waals surface area contributed by atoms with Crippen molar-refractivity contribution in [3.05, 3.63) is 0 Å². The van der Waals surface area contributed by atoms with E-state index in [0.29, 0.717) is 0 Å². The van der Waals surface area contributed by atoms with Gasteiger partial charge in [-0.15, -0.1) is 0 Å². The summed E-state index contributed by atoms with van der Waals surface area (Å²) in [4.78, 5) is 22.5. The molecule has 39 heavy (non-hydrogen) atoms. The smallest absolute Gasteiger partial charge is 0.408 e. The van der Waals surface area contributed by atoms with Crippen molar-refractivity contribution in [3.8, 4) is 0 Å². The van der Waals surface area contributed by atoms with Crippen LogP contribution in [-0.2, 0) is 33.6 Å². The number of alkyl carbamates (subject to hydrolysis) is 2. The highest BCUT2D eigenvalue weighted by Crippen LogP contribution is 2.24. The molecular formula is C20H36F6N2O9S2. The summed E-state index contributed by atoms with van der Waals surface area (Å²) in [6, 6.07) is -4.50. The number of hydrogen-bond acceptors (Lipinski definition) is 9. The molecule has 2 atom stereocenters. The van der Waals surface area contributed by atoms with Crippen LogP contribution in [0.25, 0.3) is 0 Å². The summed E-state index contributed by atoms with van der Waals surface area (Å²) < 4.78 is 133. The zero-order valence-corrected chi connectivity index (χ0v) is 24.4. The molecule has 2 amide bonds. The molecule has 0 heterocycles. The summed E-state index contributed by atoms with van der Waals surface area (Å²) in [6.07, 6.45) is -11.9. The van der Waals surface area contributed by atoms with E-state index in [1.807, 2.05) is 0 Å². The fourth-order valence-corrected chi connectivity index (χ4v) is 3.25. The van der Waals surface area contributed by atoms with Gasteiger partial charge in [0.1, 0.15) is 33.1 Å². The molecule has 2 unspecified atom stereocenters. The van der Waals surface area contributed by atoms with Crippen LogP contribution in [0.3, 0.4) is 0 Å². The maximum atomic E-state index is 12.7. The van der Waals surface area contributed by atoms with E-state index in [1.54, 1.807) is 10.6 Å². The molecule has 11 nitrogen and oxygen atoms in total. The number of carbonyl (C=O) groups excluding carboxylic acids is 2. The molecule has 0 spiro atoms. The van der Waals surface area contributed by atoms with Crippen LogP contribution in [0, 0.1) is 0 Å². The monoisotopic (exact) mass is 626 g/mol. The lowest BCUT2D eigenvalue weighted by Crippen LogP contribution is -2.48. The van der Waals surface area contributed by atoms with Gasteiger partial charge >= 0.3 is 24.5 Å². The number of carbonyl (C=O) groups is 2. The second-order valence-electron chi connectivity index (χ2n) is 10.2. The molecule has 0 aromatic rings. The Labute approximate surface area is 224 Å². The van der Waals surface area contributed by atoms with Gasteiger partial charge in [-0.1, -0.05) is 0 Å². The second kappa shape index (κ2) is 14.6. The minimum atomic E-state index is -4.74. The van der Waals surface area contributed by atoms with Crippen molar-refractivity contribution in [1.82, 2.24) is 10.6 Å². The van der Waals surface area contributed by atoms with Crippen LogP contribution in [0.15, 0.2) is 0 Å². The van der Waals surface area contributed by atoms with Crippen molar-refractivity contribution in [2.75, 3.05) is 24.9 Å². The molecular weight excluding hydrogens is 590 g/mol. The molecule has 0 aromatic carbocycles. The van der Waals surface area contributed by atoms with Crippen molar-refractivity contribution in [2.45, 2.75) is 90.0 Å². The van der Waals surface area contributed by atoms with Gasteiger partial charge in [-0.3, -0.25) is 4.18 Å². The molecule has 234 valence electrons. The summed E-state index contributed by atoms with van der Waals surface area (Å²) >= 11 is 0. The van der Waals surface area contributed by atoms with Crippen LogP contribution in [0.1, 0.15) is 54.4 Å². The molecule has 0 aliphatic rings. The fraction of sp³-hybridized carbons (Fsp3) is 0.900. The van der Waals surface area contributed by atoms with Gasteiger partial charge in [0.05, 0.1) is 18.6 Å². The van der Waals surface area contributed by atoms with Gasteiger partial charge in [0.25, 0.3) is 10.1 Å². The van der Waals surface area contributed by atoms with Crippen LogP contribution in [0.2, 0.25) is 0 Å². The van der Waals surface area contributed by atoms with E-state index in [0.717, 1.165) is 12.5 Å². The Morgan fingerprint density at radius 3 is 1.28 bits per heavy atom. The number of rotatable bonds is 9. The van der Waals surface area contributed by atoms with E-state index in [1.165, 1.54) is 41.5 Å². The summed E-state index contributed by atoms with van der Waals surface area (Å²) in [5.74, 6) is -0.674. The number of nitrogens with one attached hydrogen (secondary N) is 2. The lowest BCUT2D eigenvalue weighted by Gasteiger charge is -2.24. The number of hydrogen-bond donors (Lipinski definition) is 2. The molecule has 2 N–H and O–H groups in total. The minimum Gasteiger partial charge on any atom is -0.444 e. The predicted molar refractivity (Wildman–Crippen MR) is 128 cm³/mol. The highest BCUT2D eigenvalue weighted by atomic mass is 32.2. The van der Waals surface area contributed by atoms with Gasteiger partial charge in [0, 0.05) is 12.7 Å². The number of alkyl halides is 6. The van der Waals surface area contributed by atoms with Crippen molar-refractivity contribution in [1.29, 1.82) is 0 Å². The first-order valence-corrected chi connectivity index (χ1v) is 14.9. The molecule has 0 saturated heterocycles. The van der Waals surface area contributed by atoms with Gasteiger partial charge in [0.2, 0.25) is 0 Å². The maximum absolute atomic E-state index is 12.7. The van der Waals surface area contributed by atoms with E-state index in [2.05, 4.69) is 4.18 Å². The van der Waals surface area contributed by atoms with E-state index in [9.17, 15) is 52.8 Å². The third-order valence-electron chi connectivity index (χ3n) is 3.65. The second-order valence-corrected chi connectivity index (χ2v) is 14.1. The van der Waals surface area contributed by atoms with Crippen LogP contribution < -0.4 is 10.6 Å². The Bertz CT molecular complexity index is 1000. The minimum absolute atomic E-state index is 0.674. The van der Waals surface area contributed by atoms with Crippen LogP contribution in [-0.4, -0.2) is 89.5 Å². The summed E-state index contributed by atoms with van der Waals surface area (Å²) in [5.41, 5.74) is -1.87. The number of amides is 2. The highest BCUT2D eigenvalue weighted by Gasteiger charge is 2.42. The number of sulfone groups is 1. The van der Waals surface area contributed by atoms with Crippen LogP contribution in [0.5, 0.6) is 0 Å². The first-order chi connectivity index (χ1) is 16.9. The molecule has 0 saturated carbocycles. The Hall–Kier alpha value is -2.02. The topological polar surface area (TPSA) is 154 Å². The first-order valence-electron chi connectivity index (χ1n) is 11.1. The lowest BCUT2D eigenvalue weighted by atomic mass is 10.2. The third-order valence-corrected chi connectivity index (χ3v) is 5.23. The Morgan fingerprint density at radius 2 is 1.03 bits per heavy atom. The molecule has 0 aliphatic heterocycles. The van der Waals surface area contributed by atoms with Crippen LogP contribution >= 0.6 is 0 Å². The summed E-state index contributed by atoms with van der Waals surface area (Å²) in [7, 11) is -7.38. The van der Waals surface area contributed by atoms with E-state index < -0.39 is 93.0 Å². The Balaban J connectivity index is 0. The van der Waals surface area contributed by atoms with E-state index >= 15 is 0 Å². The number of halogens is 6. The molecule has 0 radical (unpaired) electrons. The van der Waals surface area contributed by atoms with Gasteiger partial charge in [0.15, 0.2) is 0 Å². The maximum Gasteiger partial charge on any atom is 0.408 e. The standard InChI is InChI=1S/C10H18F3NO5S.C10H18F3NO4S/c1-9(2,3)19-8(15)14-7(10(11,12)13)5-6-18-20(4,16)17;1-9(2,3)18-8(15)14-7(10(11,12)13)5-6-19(4,16)17/h7H,5-6H2,1-4H3,(H,14,15);7H,5-6H2,1-4H3,(H,14,15). The molecule has 0 aromatic heterocycles. The molecule has 0 aliphatic carbocycles. The summed E-state index contributed by atoms with van der Waals surface area (Å²) in [6.45, 7) is 8.33. The number of ether oxygens (including phenoxy) is 2. The Morgan fingerprint density at radius 1 is 0.692 bits per heavy atom. The van der Waals surface area contributed by atoms with Gasteiger partial charge in [-0.05, 0) is 48.0 Å². The lowest BCUT2D eigenvalue weighted by molar-refractivity contribution is -0.157. The highest BCUT2D eigenvalue weighted by molar-refractivity contribution is 7.90. The fourth-order valence-electron chi connectivity index (χ4n) is 2.18. The Kier molecular flexibility index (Phi) is 14.6. The quantitative estimate of drug-likeness (QED) is 0.288. The van der Waals surface area contributed by atoms with Crippen molar-refractivity contribution in [2.24, 2.45) is 0 Å². The van der Waals surface area contributed by atoms with Gasteiger partial charge < -0.3 is 20.1 Å². The first kappa shape index (κ1) is 39.1. The van der Waals surface area contributed by atoms with Crippen molar-refractivity contribution >= 4 is 32.1 Å². The summed E-state index contributed by atoms with van der Waals surface area (Å²) in [5, 5.41) is 3.27. The molecule has 0 fully saturated rings. The molecule has 0 rings (SSSR count). The largest absolute Gasteiger partial charge is 0.444 e. The average molecular weight is 627 g/mol. The zero-order valence-electron chi connectivity index (χ0n) is 22.7. The van der Waals surface area contributed by atoms with Crippen LogP contribution in [0.4, 0.5) is 35.9 Å². The predicted octanol–water partition coefficient (Wildman–Crippen LogP) is 3.69. The van der Waals surface area contributed by atoms with Gasteiger partial charge in [-0.2, -0.15) is 34.8 Å². The normalized spacial score (nSPS) is 14.8. The molecule has 19 heteroatoms. The van der Waals surface area contributed by atoms with E-state index in [-0.39, 0.29) is 0 Å². The average Bonchev–Trinajstić information content (AvgIpc) is 2.58. The third kappa shape index (κ3) is 24.7. The van der Waals surface area contributed by atoms with Crippen molar-refractivity contribution < 1.29 is 66.4 Å². The van der Waals surface area contributed by atoms with Crippen molar-refractivity contribution in [3.63, 3.8) is 0 Å². The molecule has 0 bridgehead atoms.